The number of hydrogen-bond acceptors (Lipinski definition) is 4. The van der Waals surface area contributed by atoms with Gasteiger partial charge >= 0.3 is 0 Å². The molecule has 5 nitrogen and oxygen atoms in total. The number of carbonyl (C=O) groups excluding carboxylic acids is 1. The van der Waals surface area contributed by atoms with Gasteiger partial charge in [0.25, 0.3) is 5.91 Å². The van der Waals surface area contributed by atoms with Gasteiger partial charge in [0.2, 0.25) is 0 Å². The molecule has 0 radical (unpaired) electrons. The molecule has 0 aliphatic heterocycles. The monoisotopic (exact) mass is 338 g/mol. The topological polar surface area (TPSA) is 59.8 Å². The highest BCUT2D eigenvalue weighted by molar-refractivity contribution is 7.14. The summed E-state index contributed by atoms with van der Waals surface area (Å²) in [7, 11) is 0. The average molecular weight is 338 g/mol. The highest BCUT2D eigenvalue weighted by atomic mass is 32.1. The number of aryl methyl sites for hydroxylation is 2. The summed E-state index contributed by atoms with van der Waals surface area (Å²) in [5.74, 6) is 0.807. The minimum Gasteiger partial charge on any atom is -0.347 e. The molecule has 122 valence electrons. The SMILES string of the molecule is O=C(NCc1ccnc(-n2ccnc2)c1)c1cc2c(s1)CCCC2. The van der Waals surface area contributed by atoms with Crippen LogP contribution in [0.2, 0.25) is 0 Å². The van der Waals surface area contributed by atoms with Gasteiger partial charge in [-0.25, -0.2) is 9.97 Å². The molecule has 1 N–H and O–H groups in total. The molecule has 0 spiro atoms. The van der Waals surface area contributed by atoms with Crippen LogP contribution in [0.5, 0.6) is 0 Å². The molecular formula is C18H18N4OS. The van der Waals surface area contributed by atoms with E-state index in [4.69, 9.17) is 0 Å². The van der Waals surface area contributed by atoms with Gasteiger partial charge in [0.15, 0.2) is 0 Å². The third kappa shape index (κ3) is 3.10. The predicted octanol–water partition coefficient (Wildman–Crippen LogP) is 3.14. The number of imidazole rings is 1. The standard InChI is InChI=1S/C18H18N4OS/c23-18(16-10-14-3-1-2-4-15(14)24-16)21-11-13-5-6-20-17(9-13)22-8-7-19-12-22/h5-10,12H,1-4,11H2,(H,21,23). The Bertz CT molecular complexity index is 830. The molecule has 6 heteroatoms. The summed E-state index contributed by atoms with van der Waals surface area (Å²) in [4.78, 5) is 23.0. The number of pyridine rings is 1. The van der Waals surface area contributed by atoms with Crippen LogP contribution in [0.1, 0.15) is 38.5 Å². The quantitative estimate of drug-likeness (QED) is 0.795. The van der Waals surface area contributed by atoms with Crippen LogP contribution in [-0.2, 0) is 19.4 Å². The van der Waals surface area contributed by atoms with Gasteiger partial charge in [0, 0.05) is 30.0 Å². The summed E-state index contributed by atoms with van der Waals surface area (Å²) in [5, 5.41) is 3.02. The van der Waals surface area contributed by atoms with Crippen molar-refractivity contribution in [3.63, 3.8) is 0 Å². The van der Waals surface area contributed by atoms with E-state index in [0.717, 1.165) is 29.1 Å². The van der Waals surface area contributed by atoms with Crippen molar-refractivity contribution in [3.05, 3.63) is 64.0 Å². The van der Waals surface area contributed by atoms with Gasteiger partial charge in [0.05, 0.1) is 4.88 Å². The highest BCUT2D eigenvalue weighted by Gasteiger charge is 2.17. The zero-order valence-corrected chi connectivity index (χ0v) is 14.1. The second-order valence-corrected chi connectivity index (χ2v) is 7.08. The summed E-state index contributed by atoms with van der Waals surface area (Å²) in [5.41, 5.74) is 2.38. The maximum absolute atomic E-state index is 12.4. The lowest BCUT2D eigenvalue weighted by molar-refractivity contribution is 0.0955. The Morgan fingerprint density at radius 3 is 3.00 bits per heavy atom. The molecule has 0 fully saturated rings. The van der Waals surface area contributed by atoms with Crippen molar-refractivity contribution in [2.24, 2.45) is 0 Å². The number of rotatable bonds is 4. The summed E-state index contributed by atoms with van der Waals surface area (Å²) in [6, 6.07) is 5.94. The van der Waals surface area contributed by atoms with E-state index in [0.29, 0.717) is 6.54 Å². The number of hydrogen-bond donors (Lipinski definition) is 1. The summed E-state index contributed by atoms with van der Waals surface area (Å²) >= 11 is 1.64. The van der Waals surface area contributed by atoms with Crippen molar-refractivity contribution in [2.45, 2.75) is 32.2 Å². The molecule has 0 saturated heterocycles. The number of nitrogens with one attached hydrogen (secondary N) is 1. The lowest BCUT2D eigenvalue weighted by atomic mass is 9.99. The number of aromatic nitrogens is 3. The van der Waals surface area contributed by atoms with Crippen LogP contribution in [0.25, 0.3) is 5.82 Å². The molecule has 4 rings (SSSR count). The summed E-state index contributed by atoms with van der Waals surface area (Å²) in [6.07, 6.45) is 11.7. The van der Waals surface area contributed by atoms with Crippen molar-refractivity contribution in [1.82, 2.24) is 19.9 Å². The van der Waals surface area contributed by atoms with Gasteiger partial charge in [-0.3, -0.25) is 9.36 Å². The number of carbonyl (C=O) groups is 1. The van der Waals surface area contributed by atoms with Crippen LogP contribution in [0.15, 0.2) is 43.1 Å². The Hall–Kier alpha value is -2.47. The van der Waals surface area contributed by atoms with Gasteiger partial charge in [-0.15, -0.1) is 11.3 Å². The second-order valence-electron chi connectivity index (χ2n) is 5.94. The third-order valence-electron chi connectivity index (χ3n) is 4.25. The van der Waals surface area contributed by atoms with Crippen molar-refractivity contribution >= 4 is 17.2 Å². The third-order valence-corrected chi connectivity index (χ3v) is 5.49. The molecule has 0 saturated carbocycles. The van der Waals surface area contributed by atoms with Crippen molar-refractivity contribution in [2.75, 3.05) is 0 Å². The van der Waals surface area contributed by atoms with Gasteiger partial charge in [-0.2, -0.15) is 0 Å². The lowest BCUT2D eigenvalue weighted by Gasteiger charge is -2.08. The van der Waals surface area contributed by atoms with E-state index in [1.165, 1.54) is 23.3 Å². The number of nitrogens with zero attached hydrogens (tertiary/aromatic N) is 3. The fourth-order valence-electron chi connectivity index (χ4n) is 2.98. The van der Waals surface area contributed by atoms with E-state index in [2.05, 4.69) is 21.4 Å². The van der Waals surface area contributed by atoms with Crippen LogP contribution < -0.4 is 5.32 Å². The first kappa shape index (κ1) is 15.1. The molecular weight excluding hydrogens is 320 g/mol. The molecule has 3 aromatic heterocycles. The smallest absolute Gasteiger partial charge is 0.261 e. The predicted molar refractivity (Wildman–Crippen MR) is 93.5 cm³/mol. The molecule has 0 bridgehead atoms. The first-order valence-electron chi connectivity index (χ1n) is 8.12. The van der Waals surface area contributed by atoms with Gasteiger partial charge in [0.1, 0.15) is 12.1 Å². The minimum atomic E-state index is 0.00962. The molecule has 1 amide bonds. The van der Waals surface area contributed by atoms with E-state index in [-0.39, 0.29) is 5.91 Å². The number of amides is 1. The van der Waals surface area contributed by atoms with Crippen LogP contribution in [0.3, 0.4) is 0 Å². The zero-order chi connectivity index (χ0) is 16.4. The lowest BCUT2D eigenvalue weighted by Crippen LogP contribution is -2.21. The van der Waals surface area contributed by atoms with E-state index in [1.54, 1.807) is 30.1 Å². The van der Waals surface area contributed by atoms with Crippen molar-refractivity contribution < 1.29 is 4.79 Å². The molecule has 3 aromatic rings. The number of fused-ring (bicyclic) bond motifs is 1. The van der Waals surface area contributed by atoms with Crippen molar-refractivity contribution in [1.29, 1.82) is 0 Å². The normalized spacial score (nSPS) is 13.5. The van der Waals surface area contributed by atoms with E-state index in [9.17, 15) is 4.79 Å². The Balaban J connectivity index is 1.44. The molecule has 1 aliphatic carbocycles. The minimum absolute atomic E-state index is 0.00962. The van der Waals surface area contributed by atoms with E-state index >= 15 is 0 Å². The summed E-state index contributed by atoms with van der Waals surface area (Å²) < 4.78 is 1.85. The molecule has 0 unspecified atom stereocenters. The number of thiophene rings is 1. The Morgan fingerprint density at radius 2 is 2.17 bits per heavy atom. The molecule has 0 aromatic carbocycles. The fraction of sp³-hybridized carbons (Fsp3) is 0.278. The Kier molecular flexibility index (Phi) is 4.13. The largest absolute Gasteiger partial charge is 0.347 e. The summed E-state index contributed by atoms with van der Waals surface area (Å²) in [6.45, 7) is 0.492. The van der Waals surface area contributed by atoms with Gasteiger partial charge in [-0.05, 0) is 55.0 Å². The highest BCUT2D eigenvalue weighted by Crippen LogP contribution is 2.29. The maximum Gasteiger partial charge on any atom is 0.261 e. The average Bonchev–Trinajstić information content (AvgIpc) is 3.29. The molecule has 24 heavy (non-hydrogen) atoms. The first-order chi connectivity index (χ1) is 11.8. The fourth-order valence-corrected chi connectivity index (χ4v) is 4.15. The van der Waals surface area contributed by atoms with Gasteiger partial charge in [-0.1, -0.05) is 0 Å². The second kappa shape index (κ2) is 6.57. The maximum atomic E-state index is 12.4. The van der Waals surface area contributed by atoms with Crippen LogP contribution in [0, 0.1) is 0 Å². The Labute approximate surface area is 144 Å². The van der Waals surface area contributed by atoms with Gasteiger partial charge < -0.3 is 5.32 Å². The Morgan fingerprint density at radius 1 is 1.25 bits per heavy atom. The van der Waals surface area contributed by atoms with Crippen LogP contribution in [0.4, 0.5) is 0 Å². The zero-order valence-electron chi connectivity index (χ0n) is 13.2. The van der Waals surface area contributed by atoms with E-state index < -0.39 is 0 Å². The molecule has 0 atom stereocenters. The molecule has 3 heterocycles. The molecule has 1 aliphatic rings. The van der Waals surface area contributed by atoms with Crippen LogP contribution in [-0.4, -0.2) is 20.4 Å². The van der Waals surface area contributed by atoms with E-state index in [1.807, 2.05) is 22.9 Å². The van der Waals surface area contributed by atoms with Crippen molar-refractivity contribution in [3.8, 4) is 5.82 Å². The van der Waals surface area contributed by atoms with Crippen LogP contribution >= 0.6 is 11.3 Å². The first-order valence-corrected chi connectivity index (χ1v) is 8.94.